The number of nitrogens with zero attached hydrogens (tertiary/aromatic N) is 1. The van der Waals surface area contributed by atoms with E-state index in [2.05, 4.69) is 88.7 Å². The quantitative estimate of drug-likeness (QED) is 0.350. The van der Waals surface area contributed by atoms with Crippen LogP contribution in [0.15, 0.2) is 83.8 Å². The van der Waals surface area contributed by atoms with Crippen LogP contribution < -0.4 is 0 Å². The number of hydrogen-bond donors (Lipinski definition) is 2. The first kappa shape index (κ1) is 20.4. The molecule has 31 heavy (non-hydrogen) atoms. The number of H-pyrrole nitrogens is 1. The summed E-state index contributed by atoms with van der Waals surface area (Å²) in [6, 6.07) is 28.7. The van der Waals surface area contributed by atoms with Crippen LogP contribution in [-0.4, -0.2) is 34.2 Å². The fraction of sp³-hybridized carbons (Fsp3) is 0.259. The molecule has 1 saturated heterocycles. The summed E-state index contributed by atoms with van der Waals surface area (Å²) in [7, 11) is 0. The highest BCUT2D eigenvalue weighted by Crippen LogP contribution is 2.29. The molecular weight excluding hydrogens is 400 g/mol. The molecule has 1 atom stereocenters. The van der Waals surface area contributed by atoms with Crippen molar-refractivity contribution >= 4 is 22.7 Å². The van der Waals surface area contributed by atoms with E-state index in [-0.39, 0.29) is 6.61 Å². The van der Waals surface area contributed by atoms with Crippen molar-refractivity contribution in [2.24, 2.45) is 0 Å². The van der Waals surface area contributed by atoms with E-state index in [4.69, 9.17) is 0 Å². The lowest BCUT2D eigenvalue weighted by molar-refractivity contribution is 0.152. The number of thioether (sulfide) groups is 1. The van der Waals surface area contributed by atoms with Gasteiger partial charge in [0.05, 0.1) is 6.61 Å². The normalized spacial score (nSPS) is 16.9. The highest BCUT2D eigenvalue weighted by molar-refractivity contribution is 7.98. The lowest BCUT2D eigenvalue weighted by atomic mass is 10.0. The van der Waals surface area contributed by atoms with Crippen molar-refractivity contribution in [2.75, 3.05) is 13.2 Å². The van der Waals surface area contributed by atoms with Crippen LogP contribution in [0.1, 0.15) is 24.1 Å². The van der Waals surface area contributed by atoms with E-state index in [0.29, 0.717) is 6.04 Å². The van der Waals surface area contributed by atoms with Gasteiger partial charge < -0.3 is 10.1 Å². The van der Waals surface area contributed by atoms with Crippen molar-refractivity contribution in [3.63, 3.8) is 0 Å². The van der Waals surface area contributed by atoms with Crippen molar-refractivity contribution in [2.45, 2.75) is 36.1 Å². The second-order valence-electron chi connectivity index (χ2n) is 8.35. The lowest BCUT2D eigenvalue weighted by Gasteiger charge is -2.21. The van der Waals surface area contributed by atoms with E-state index in [1.54, 1.807) is 0 Å². The molecule has 0 bridgehead atoms. The fourth-order valence-corrected chi connectivity index (χ4v) is 5.37. The average Bonchev–Trinajstić information content (AvgIpc) is 3.44. The number of rotatable bonds is 7. The summed E-state index contributed by atoms with van der Waals surface area (Å²) in [5, 5.41) is 10.8. The summed E-state index contributed by atoms with van der Waals surface area (Å²) in [5.41, 5.74) is 6.25. The summed E-state index contributed by atoms with van der Waals surface area (Å²) in [6.45, 7) is 2.20. The molecule has 0 amide bonds. The minimum Gasteiger partial charge on any atom is -0.395 e. The minimum absolute atomic E-state index is 0.253. The smallest absolute Gasteiger partial charge is 0.0587 e. The third-order valence-corrected chi connectivity index (χ3v) is 7.25. The Morgan fingerprint density at radius 1 is 0.935 bits per heavy atom. The zero-order chi connectivity index (χ0) is 21.0. The highest BCUT2D eigenvalue weighted by Gasteiger charge is 2.24. The molecule has 158 valence electrons. The molecule has 0 spiro atoms. The molecule has 1 aliphatic heterocycles. The second-order valence-corrected chi connectivity index (χ2v) is 9.40. The molecule has 0 unspecified atom stereocenters. The van der Waals surface area contributed by atoms with Gasteiger partial charge in [0.25, 0.3) is 0 Å². The third kappa shape index (κ3) is 4.72. The first-order valence-electron chi connectivity index (χ1n) is 11.0. The standard InChI is InChI=1S/C27H28N2OS/c30-18-25-8-5-13-29(25)17-24-16-23-15-22(11-12-27(23)28-24)21-7-4-6-20(14-21)19-31-26-9-2-1-3-10-26/h1-4,6-7,9-12,14-16,25,28,30H,5,8,13,17-19H2/t25-/m1/s1. The molecule has 0 aliphatic carbocycles. The van der Waals surface area contributed by atoms with Crippen LogP contribution in [0, 0.1) is 0 Å². The van der Waals surface area contributed by atoms with Crippen LogP contribution >= 0.6 is 11.8 Å². The van der Waals surface area contributed by atoms with Crippen LogP contribution in [0.3, 0.4) is 0 Å². The topological polar surface area (TPSA) is 39.3 Å². The number of aromatic amines is 1. The van der Waals surface area contributed by atoms with Crippen LogP contribution in [0.4, 0.5) is 0 Å². The van der Waals surface area contributed by atoms with Crippen LogP contribution in [0.25, 0.3) is 22.0 Å². The van der Waals surface area contributed by atoms with E-state index in [9.17, 15) is 5.11 Å². The van der Waals surface area contributed by atoms with Crippen molar-refractivity contribution in [1.29, 1.82) is 0 Å². The Balaban J connectivity index is 1.33. The molecule has 3 aromatic carbocycles. The maximum atomic E-state index is 9.59. The maximum absolute atomic E-state index is 9.59. The zero-order valence-corrected chi connectivity index (χ0v) is 18.4. The average molecular weight is 429 g/mol. The summed E-state index contributed by atoms with van der Waals surface area (Å²) in [5.74, 6) is 0.969. The van der Waals surface area contributed by atoms with Gasteiger partial charge in [0.15, 0.2) is 0 Å². The minimum atomic E-state index is 0.253. The van der Waals surface area contributed by atoms with E-state index in [1.807, 2.05) is 11.8 Å². The summed E-state index contributed by atoms with van der Waals surface area (Å²) in [6.07, 6.45) is 2.27. The molecule has 1 aromatic heterocycles. The molecular formula is C27H28N2OS. The molecule has 2 heterocycles. The number of likely N-dealkylation sites (tertiary alicyclic amines) is 1. The zero-order valence-electron chi connectivity index (χ0n) is 17.6. The van der Waals surface area contributed by atoms with Crippen molar-refractivity contribution in [3.8, 4) is 11.1 Å². The number of aliphatic hydroxyl groups excluding tert-OH is 1. The van der Waals surface area contributed by atoms with E-state index in [1.165, 1.54) is 44.6 Å². The second kappa shape index (κ2) is 9.31. The molecule has 4 aromatic rings. The molecule has 1 aliphatic rings. The monoisotopic (exact) mass is 428 g/mol. The van der Waals surface area contributed by atoms with E-state index >= 15 is 0 Å². The number of fused-ring (bicyclic) bond motifs is 1. The van der Waals surface area contributed by atoms with Crippen LogP contribution in [-0.2, 0) is 12.3 Å². The molecule has 3 nitrogen and oxygen atoms in total. The van der Waals surface area contributed by atoms with Gasteiger partial charge in [-0.05, 0) is 66.4 Å². The van der Waals surface area contributed by atoms with Gasteiger partial charge in [0.2, 0.25) is 0 Å². The largest absolute Gasteiger partial charge is 0.395 e. The van der Waals surface area contributed by atoms with Gasteiger partial charge in [-0.3, -0.25) is 4.90 Å². The molecule has 4 heteroatoms. The highest BCUT2D eigenvalue weighted by atomic mass is 32.2. The molecule has 0 radical (unpaired) electrons. The maximum Gasteiger partial charge on any atom is 0.0587 e. The van der Waals surface area contributed by atoms with Crippen molar-refractivity contribution in [1.82, 2.24) is 9.88 Å². The fourth-order valence-electron chi connectivity index (χ4n) is 4.51. The molecule has 0 saturated carbocycles. The molecule has 5 rings (SSSR count). The van der Waals surface area contributed by atoms with Crippen LogP contribution in [0.2, 0.25) is 0 Å². The molecule has 1 fully saturated rings. The molecule has 2 N–H and O–H groups in total. The van der Waals surface area contributed by atoms with Crippen molar-refractivity contribution in [3.05, 3.63) is 90.1 Å². The van der Waals surface area contributed by atoms with Gasteiger partial charge in [-0.15, -0.1) is 11.8 Å². The Morgan fingerprint density at radius 2 is 1.81 bits per heavy atom. The third-order valence-electron chi connectivity index (χ3n) is 6.17. The van der Waals surface area contributed by atoms with Gasteiger partial charge in [-0.25, -0.2) is 0 Å². The Hall–Kier alpha value is -2.53. The van der Waals surface area contributed by atoms with E-state index < -0.39 is 0 Å². The van der Waals surface area contributed by atoms with Gasteiger partial charge in [0, 0.05) is 39.8 Å². The van der Waals surface area contributed by atoms with Crippen molar-refractivity contribution < 1.29 is 5.11 Å². The van der Waals surface area contributed by atoms with Gasteiger partial charge in [-0.1, -0.05) is 48.5 Å². The van der Waals surface area contributed by atoms with Gasteiger partial charge in [-0.2, -0.15) is 0 Å². The Kier molecular flexibility index (Phi) is 6.12. The Labute approximate surface area is 188 Å². The summed E-state index contributed by atoms with van der Waals surface area (Å²) >= 11 is 1.87. The first-order chi connectivity index (χ1) is 15.3. The number of hydrogen-bond acceptors (Lipinski definition) is 3. The predicted octanol–water partition coefficient (Wildman–Crippen LogP) is 6.08. The number of nitrogens with one attached hydrogen (secondary N) is 1. The summed E-state index contributed by atoms with van der Waals surface area (Å²) in [4.78, 5) is 7.26. The summed E-state index contributed by atoms with van der Waals surface area (Å²) < 4.78 is 0. The SMILES string of the molecule is OC[C@H]1CCCN1Cc1cc2cc(-c3cccc(CSc4ccccc4)c3)ccc2[nH]1. The first-order valence-corrected chi connectivity index (χ1v) is 12.0. The van der Waals surface area contributed by atoms with Crippen LogP contribution in [0.5, 0.6) is 0 Å². The number of benzene rings is 3. The Bertz CT molecular complexity index is 1150. The predicted molar refractivity (Wildman–Crippen MR) is 130 cm³/mol. The Morgan fingerprint density at radius 3 is 2.68 bits per heavy atom. The number of aliphatic hydroxyl groups is 1. The van der Waals surface area contributed by atoms with Gasteiger partial charge >= 0.3 is 0 Å². The van der Waals surface area contributed by atoms with E-state index in [0.717, 1.165) is 25.3 Å². The number of aromatic nitrogens is 1. The lowest BCUT2D eigenvalue weighted by Crippen LogP contribution is -2.31. The van der Waals surface area contributed by atoms with Gasteiger partial charge in [0.1, 0.15) is 0 Å².